The van der Waals surface area contributed by atoms with Gasteiger partial charge in [0.05, 0.1) is 6.33 Å². The van der Waals surface area contributed by atoms with Gasteiger partial charge in [0, 0.05) is 46.0 Å². The molecule has 1 aliphatic rings. The molecule has 1 amide bonds. The molecule has 22 heavy (non-hydrogen) atoms. The number of aromatic nitrogens is 2. The van der Waals surface area contributed by atoms with Gasteiger partial charge in [0.2, 0.25) is 5.91 Å². The predicted molar refractivity (Wildman–Crippen MR) is 79.7 cm³/mol. The van der Waals surface area contributed by atoms with Crippen molar-refractivity contribution in [1.82, 2.24) is 18.8 Å². The minimum atomic E-state index is -3.60. The summed E-state index contributed by atoms with van der Waals surface area (Å²) >= 11 is 0. The van der Waals surface area contributed by atoms with E-state index in [4.69, 9.17) is 4.74 Å². The summed E-state index contributed by atoms with van der Waals surface area (Å²) in [5, 5.41) is 0.0455. The largest absolute Gasteiger partial charge is 0.372 e. The zero-order valence-electron chi connectivity index (χ0n) is 12.9. The Labute approximate surface area is 130 Å². The Balaban J connectivity index is 2.02. The van der Waals surface area contributed by atoms with E-state index in [1.807, 2.05) is 6.92 Å². The molecule has 9 heteroatoms. The normalized spacial score (nSPS) is 17.5. The molecule has 0 unspecified atom stereocenters. The van der Waals surface area contributed by atoms with Gasteiger partial charge < -0.3 is 14.2 Å². The summed E-state index contributed by atoms with van der Waals surface area (Å²) in [7, 11) is -1.87. The third-order valence-electron chi connectivity index (χ3n) is 3.52. The lowest BCUT2D eigenvalue weighted by Crippen LogP contribution is -2.38. The second-order valence-corrected chi connectivity index (χ2v) is 7.04. The number of rotatable bonds is 5. The molecule has 2 heterocycles. The molecular formula is C13H22N4O4S. The molecule has 1 aromatic rings. The third-order valence-corrected chi connectivity index (χ3v) is 5.31. The topological polar surface area (TPSA) is 84.7 Å². The highest BCUT2D eigenvalue weighted by Gasteiger charge is 2.29. The number of hydrogen-bond donors (Lipinski definition) is 0. The molecule has 0 spiro atoms. The van der Waals surface area contributed by atoms with E-state index in [-0.39, 0.29) is 24.1 Å². The van der Waals surface area contributed by atoms with E-state index < -0.39 is 10.0 Å². The first-order valence-electron chi connectivity index (χ1n) is 7.28. The molecule has 0 atom stereocenters. The van der Waals surface area contributed by atoms with Crippen molar-refractivity contribution in [2.75, 3.05) is 39.4 Å². The molecule has 2 rings (SSSR count). The van der Waals surface area contributed by atoms with E-state index in [2.05, 4.69) is 4.98 Å². The number of carbonyl (C=O) groups excluding carboxylic acids is 1. The highest BCUT2D eigenvalue weighted by molar-refractivity contribution is 7.89. The molecule has 1 fully saturated rings. The number of hydrogen-bond acceptors (Lipinski definition) is 5. The SMILES string of the molecule is CCOCC(=O)N1CCCN(S(=O)(=O)c2cn(C)cn2)CC1. The van der Waals surface area contributed by atoms with Gasteiger partial charge in [-0.15, -0.1) is 0 Å². The minimum absolute atomic E-state index is 0.0451. The highest BCUT2D eigenvalue weighted by Crippen LogP contribution is 2.15. The summed E-state index contributed by atoms with van der Waals surface area (Å²) in [6.07, 6.45) is 3.55. The number of amides is 1. The van der Waals surface area contributed by atoms with E-state index >= 15 is 0 Å². The van der Waals surface area contributed by atoms with Crippen molar-refractivity contribution in [3.05, 3.63) is 12.5 Å². The van der Waals surface area contributed by atoms with Crippen LogP contribution in [0, 0.1) is 0 Å². The van der Waals surface area contributed by atoms with Crippen LogP contribution in [0.5, 0.6) is 0 Å². The van der Waals surface area contributed by atoms with Crippen LogP contribution in [0.25, 0.3) is 0 Å². The fourth-order valence-corrected chi connectivity index (χ4v) is 3.75. The molecule has 124 valence electrons. The van der Waals surface area contributed by atoms with Gasteiger partial charge in [-0.2, -0.15) is 4.31 Å². The van der Waals surface area contributed by atoms with Gasteiger partial charge in [0.15, 0.2) is 5.03 Å². The molecule has 0 radical (unpaired) electrons. The van der Waals surface area contributed by atoms with Crippen LogP contribution in [0.4, 0.5) is 0 Å². The van der Waals surface area contributed by atoms with Crippen molar-refractivity contribution in [2.24, 2.45) is 7.05 Å². The number of nitrogens with zero attached hydrogens (tertiary/aromatic N) is 4. The molecule has 0 aliphatic carbocycles. The Morgan fingerprint density at radius 2 is 2.09 bits per heavy atom. The third kappa shape index (κ3) is 3.84. The van der Waals surface area contributed by atoms with Crippen molar-refractivity contribution < 1.29 is 17.9 Å². The summed E-state index contributed by atoms with van der Waals surface area (Å²) in [6.45, 7) is 3.94. The standard InChI is InChI=1S/C13H22N4O4S/c1-3-21-10-13(18)16-5-4-6-17(8-7-16)22(19,20)12-9-15(2)11-14-12/h9,11H,3-8,10H2,1-2H3. The lowest BCUT2D eigenvalue weighted by Gasteiger charge is -2.21. The van der Waals surface area contributed by atoms with Crippen LogP contribution in [0.2, 0.25) is 0 Å². The molecule has 8 nitrogen and oxygen atoms in total. The maximum Gasteiger partial charge on any atom is 0.262 e. The molecule has 0 bridgehead atoms. The van der Waals surface area contributed by atoms with Crippen LogP contribution in [-0.2, 0) is 26.6 Å². The van der Waals surface area contributed by atoms with Gasteiger partial charge in [-0.3, -0.25) is 4.79 Å². The van der Waals surface area contributed by atoms with Gasteiger partial charge >= 0.3 is 0 Å². The predicted octanol–water partition coefficient (Wildman–Crippen LogP) is -0.320. The molecule has 0 aromatic carbocycles. The van der Waals surface area contributed by atoms with Crippen LogP contribution in [-0.4, -0.2) is 72.5 Å². The first kappa shape index (κ1) is 16.9. The lowest BCUT2D eigenvalue weighted by molar-refractivity contribution is -0.135. The van der Waals surface area contributed by atoms with Crippen LogP contribution >= 0.6 is 0 Å². The second kappa shape index (κ2) is 7.21. The number of aryl methyl sites for hydroxylation is 1. The summed E-state index contributed by atoms with van der Waals surface area (Å²) in [6, 6.07) is 0. The molecule has 1 aliphatic heterocycles. The number of ether oxygens (including phenoxy) is 1. The van der Waals surface area contributed by atoms with Gasteiger partial charge in [0.25, 0.3) is 10.0 Å². The van der Waals surface area contributed by atoms with E-state index in [9.17, 15) is 13.2 Å². The highest BCUT2D eigenvalue weighted by atomic mass is 32.2. The molecule has 0 N–H and O–H groups in total. The van der Waals surface area contributed by atoms with Crippen LogP contribution in [0.3, 0.4) is 0 Å². The van der Waals surface area contributed by atoms with Crippen LogP contribution in [0.1, 0.15) is 13.3 Å². The van der Waals surface area contributed by atoms with E-state index in [1.165, 1.54) is 16.8 Å². The number of sulfonamides is 1. The van der Waals surface area contributed by atoms with Crippen LogP contribution in [0.15, 0.2) is 17.6 Å². The van der Waals surface area contributed by atoms with Crippen molar-refractivity contribution >= 4 is 15.9 Å². The zero-order chi connectivity index (χ0) is 16.2. The maximum absolute atomic E-state index is 12.5. The van der Waals surface area contributed by atoms with Crippen molar-refractivity contribution in [3.63, 3.8) is 0 Å². The molecule has 1 saturated heterocycles. The fourth-order valence-electron chi connectivity index (χ4n) is 2.32. The average Bonchev–Trinajstić information content (AvgIpc) is 2.77. The Kier molecular flexibility index (Phi) is 5.54. The van der Waals surface area contributed by atoms with E-state index in [0.29, 0.717) is 32.7 Å². The molecule has 0 saturated carbocycles. The number of imidazole rings is 1. The molecule has 1 aromatic heterocycles. The Hall–Kier alpha value is -1.45. The van der Waals surface area contributed by atoms with E-state index in [1.54, 1.807) is 16.5 Å². The minimum Gasteiger partial charge on any atom is -0.372 e. The summed E-state index contributed by atoms with van der Waals surface area (Å²) in [5.74, 6) is -0.0982. The smallest absolute Gasteiger partial charge is 0.262 e. The first-order chi connectivity index (χ1) is 10.4. The Bertz CT molecular complexity index is 613. The Morgan fingerprint density at radius 3 is 2.73 bits per heavy atom. The summed E-state index contributed by atoms with van der Waals surface area (Å²) < 4.78 is 33.2. The van der Waals surface area contributed by atoms with Crippen LogP contribution < -0.4 is 0 Å². The lowest BCUT2D eigenvalue weighted by atomic mass is 10.4. The van der Waals surface area contributed by atoms with Gasteiger partial charge in [-0.05, 0) is 13.3 Å². The quantitative estimate of drug-likeness (QED) is 0.739. The summed E-state index contributed by atoms with van der Waals surface area (Å²) in [4.78, 5) is 17.5. The van der Waals surface area contributed by atoms with Crippen molar-refractivity contribution in [1.29, 1.82) is 0 Å². The first-order valence-corrected chi connectivity index (χ1v) is 8.72. The van der Waals surface area contributed by atoms with Crippen molar-refractivity contribution in [3.8, 4) is 0 Å². The van der Waals surface area contributed by atoms with E-state index in [0.717, 1.165) is 0 Å². The average molecular weight is 330 g/mol. The zero-order valence-corrected chi connectivity index (χ0v) is 13.8. The Morgan fingerprint density at radius 1 is 1.32 bits per heavy atom. The van der Waals surface area contributed by atoms with Gasteiger partial charge in [0.1, 0.15) is 6.61 Å². The summed E-state index contributed by atoms with van der Waals surface area (Å²) in [5.41, 5.74) is 0. The van der Waals surface area contributed by atoms with Crippen molar-refractivity contribution in [2.45, 2.75) is 18.4 Å². The number of carbonyl (C=O) groups is 1. The van der Waals surface area contributed by atoms with Gasteiger partial charge in [-0.25, -0.2) is 13.4 Å². The van der Waals surface area contributed by atoms with Gasteiger partial charge in [-0.1, -0.05) is 0 Å². The maximum atomic E-state index is 12.5. The monoisotopic (exact) mass is 330 g/mol. The molecular weight excluding hydrogens is 308 g/mol. The fraction of sp³-hybridized carbons (Fsp3) is 0.692. The second-order valence-electron chi connectivity index (χ2n) is 5.15.